The molecule has 3 heterocycles. The van der Waals surface area contributed by atoms with Gasteiger partial charge in [-0.05, 0) is 98.9 Å². The number of carbonyl (C=O) groups is 3. The van der Waals surface area contributed by atoms with E-state index in [9.17, 15) is 32.6 Å². The van der Waals surface area contributed by atoms with E-state index in [2.05, 4.69) is 10.6 Å². The van der Waals surface area contributed by atoms with E-state index in [0.29, 0.717) is 29.8 Å². The van der Waals surface area contributed by atoms with E-state index < -0.39 is 48.4 Å². The first-order valence-electron chi connectivity index (χ1n) is 15.9. The van der Waals surface area contributed by atoms with Gasteiger partial charge in [0.2, 0.25) is 17.7 Å². The van der Waals surface area contributed by atoms with Crippen LogP contribution in [0.3, 0.4) is 0 Å². The molecule has 2 aromatic carbocycles. The van der Waals surface area contributed by atoms with Crippen molar-refractivity contribution >= 4 is 36.0 Å². The predicted octanol–water partition coefficient (Wildman–Crippen LogP) is 0.955. The number of hydrogen-bond acceptors (Lipinski definition) is 8. The van der Waals surface area contributed by atoms with Crippen molar-refractivity contribution < 1.29 is 37.2 Å². The molecule has 254 valence electrons. The zero-order valence-electron chi connectivity index (χ0n) is 26.4. The third kappa shape index (κ3) is 7.19. The maximum Gasteiger partial charge on any atom is 0.492 e. The summed E-state index contributed by atoms with van der Waals surface area (Å²) in [5, 5.41) is 15.7. The van der Waals surface area contributed by atoms with Crippen LogP contribution in [0.4, 0.5) is 18.9 Å². The van der Waals surface area contributed by atoms with E-state index in [-0.39, 0.29) is 49.1 Å². The van der Waals surface area contributed by atoms with Crippen molar-refractivity contribution in [1.82, 2.24) is 10.2 Å². The van der Waals surface area contributed by atoms with Gasteiger partial charge in [0, 0.05) is 30.6 Å². The first-order chi connectivity index (χ1) is 22.1. The summed E-state index contributed by atoms with van der Waals surface area (Å²) in [6.45, 7) is 4.48. The standard InChI is InChI=1S/C32H42BF3N6O5/c1-31(2)22-8-7-19(14-23(22)33(46)47-31)40-30(45)25(13-17-3-5-18(6-4-17)32(34,35)36)41-29(44)24(39)9-12-28(43)42-26-10-11-27(42)21(16-38)20(26)15-37/h3-8,14,20-21,24-27,46H,9-13,15-16,37-39H2,1-2H3,(H,40,45)(H,41,44)/t20?,21?,24-,25+,26?,27?/m0/s1. The maximum absolute atomic E-state index is 13.5. The van der Waals surface area contributed by atoms with Crippen LogP contribution < -0.4 is 33.3 Å². The smallest absolute Gasteiger partial charge is 0.423 e. The minimum Gasteiger partial charge on any atom is -0.423 e. The molecule has 47 heavy (non-hydrogen) atoms. The van der Waals surface area contributed by atoms with Crippen LogP contribution in [0.5, 0.6) is 0 Å². The molecule has 3 amide bonds. The van der Waals surface area contributed by atoms with Crippen molar-refractivity contribution in [3.05, 3.63) is 59.2 Å². The Labute approximate surface area is 271 Å². The molecule has 5 rings (SSSR count). The highest BCUT2D eigenvalue weighted by molar-refractivity contribution is 6.62. The quantitative estimate of drug-likeness (QED) is 0.193. The van der Waals surface area contributed by atoms with Crippen LogP contribution in [-0.2, 0) is 37.2 Å². The second-order valence-electron chi connectivity index (χ2n) is 13.2. The summed E-state index contributed by atoms with van der Waals surface area (Å²) in [6.07, 6.45) is -2.92. The van der Waals surface area contributed by atoms with Gasteiger partial charge in [0.05, 0.1) is 17.2 Å². The molecular formula is C32H42BF3N6O5. The molecular weight excluding hydrogens is 616 g/mol. The van der Waals surface area contributed by atoms with Crippen LogP contribution in [0.15, 0.2) is 42.5 Å². The van der Waals surface area contributed by atoms with E-state index in [4.69, 9.17) is 21.9 Å². The molecule has 0 radical (unpaired) electrons. The highest BCUT2D eigenvalue weighted by Crippen LogP contribution is 2.45. The second-order valence-corrected chi connectivity index (χ2v) is 13.2. The molecule has 6 atom stereocenters. The largest absolute Gasteiger partial charge is 0.492 e. The van der Waals surface area contributed by atoms with Gasteiger partial charge in [-0.1, -0.05) is 18.2 Å². The van der Waals surface area contributed by atoms with Gasteiger partial charge in [0.15, 0.2) is 0 Å². The molecule has 0 spiro atoms. The highest BCUT2D eigenvalue weighted by Gasteiger charge is 2.53. The monoisotopic (exact) mass is 658 g/mol. The zero-order chi connectivity index (χ0) is 34.3. The SMILES string of the molecule is CC1(C)OB(O)c2cc(NC(=O)[C@@H](Cc3ccc(C(F)(F)F)cc3)NC(=O)[C@@H](N)CCC(=O)N3C4CCC3C(CN)C4CN)ccc21. The van der Waals surface area contributed by atoms with E-state index in [1.54, 1.807) is 32.0 Å². The van der Waals surface area contributed by atoms with Gasteiger partial charge in [0.25, 0.3) is 0 Å². The van der Waals surface area contributed by atoms with E-state index >= 15 is 0 Å². The van der Waals surface area contributed by atoms with Gasteiger partial charge < -0.3 is 42.4 Å². The van der Waals surface area contributed by atoms with Crippen LogP contribution in [0.25, 0.3) is 0 Å². The van der Waals surface area contributed by atoms with Gasteiger partial charge in [0.1, 0.15) is 6.04 Å². The normalized spacial score (nSPS) is 24.2. The number of nitrogens with one attached hydrogen (secondary N) is 2. The summed E-state index contributed by atoms with van der Waals surface area (Å²) in [4.78, 5) is 41.9. The third-order valence-corrected chi connectivity index (χ3v) is 9.84. The summed E-state index contributed by atoms with van der Waals surface area (Å²) in [7, 11) is -1.20. The molecule has 0 aromatic heterocycles. The average molecular weight is 659 g/mol. The molecule has 3 aliphatic rings. The topological polar surface area (TPSA) is 186 Å². The number of fused-ring (bicyclic) bond motifs is 3. The molecule has 0 saturated carbocycles. The molecule has 0 aliphatic carbocycles. The molecule has 2 aromatic rings. The minimum absolute atomic E-state index is 0.0157. The van der Waals surface area contributed by atoms with Gasteiger partial charge >= 0.3 is 13.3 Å². The van der Waals surface area contributed by atoms with Crippen molar-refractivity contribution in [2.24, 2.45) is 29.0 Å². The van der Waals surface area contributed by atoms with Crippen LogP contribution >= 0.6 is 0 Å². The number of nitrogens with two attached hydrogens (primary N) is 3. The predicted molar refractivity (Wildman–Crippen MR) is 170 cm³/mol. The number of hydrogen-bond donors (Lipinski definition) is 6. The summed E-state index contributed by atoms with van der Waals surface area (Å²) < 4.78 is 45.0. The number of benzene rings is 2. The second kappa shape index (κ2) is 13.6. The lowest BCUT2D eigenvalue weighted by Gasteiger charge is -2.25. The number of rotatable bonds is 11. The van der Waals surface area contributed by atoms with Crippen molar-refractivity contribution in [3.63, 3.8) is 0 Å². The van der Waals surface area contributed by atoms with Crippen molar-refractivity contribution in [2.75, 3.05) is 18.4 Å². The molecule has 2 fully saturated rings. The fourth-order valence-electron chi connectivity index (χ4n) is 7.43. The van der Waals surface area contributed by atoms with E-state index in [1.165, 1.54) is 12.1 Å². The third-order valence-electron chi connectivity index (χ3n) is 9.84. The number of halogens is 3. The average Bonchev–Trinajstić information content (AvgIpc) is 3.65. The molecule has 3 aliphatic heterocycles. The number of carbonyl (C=O) groups excluding carboxylic acids is 3. The molecule has 2 bridgehead atoms. The van der Waals surface area contributed by atoms with Gasteiger partial charge in [-0.25, -0.2) is 0 Å². The van der Waals surface area contributed by atoms with Crippen molar-refractivity contribution in [1.29, 1.82) is 0 Å². The summed E-state index contributed by atoms with van der Waals surface area (Å²) >= 11 is 0. The number of nitrogens with zero attached hydrogens (tertiary/aromatic N) is 1. The lowest BCUT2D eigenvalue weighted by molar-refractivity contribution is -0.137. The molecule has 4 unspecified atom stereocenters. The van der Waals surface area contributed by atoms with Gasteiger partial charge in [-0.3, -0.25) is 14.4 Å². The Morgan fingerprint density at radius 2 is 1.66 bits per heavy atom. The summed E-state index contributed by atoms with van der Waals surface area (Å²) in [5.41, 5.74) is 18.5. The first-order valence-corrected chi connectivity index (χ1v) is 15.9. The lowest BCUT2D eigenvalue weighted by Crippen LogP contribution is -2.51. The van der Waals surface area contributed by atoms with Crippen LogP contribution in [0.1, 0.15) is 56.2 Å². The Morgan fingerprint density at radius 3 is 2.23 bits per heavy atom. The summed E-state index contributed by atoms with van der Waals surface area (Å²) in [5.74, 6) is -1.19. The molecule has 9 N–H and O–H groups in total. The van der Waals surface area contributed by atoms with Gasteiger partial charge in [-0.15, -0.1) is 0 Å². The molecule has 11 nitrogen and oxygen atoms in total. The minimum atomic E-state index is -4.53. The zero-order valence-corrected chi connectivity index (χ0v) is 26.4. The molecule has 15 heteroatoms. The number of amides is 3. The maximum atomic E-state index is 13.5. The van der Waals surface area contributed by atoms with Crippen LogP contribution in [-0.4, -0.2) is 72.0 Å². The fraction of sp³-hybridized carbons (Fsp3) is 0.531. The summed E-state index contributed by atoms with van der Waals surface area (Å²) in [6, 6.07) is 6.89. The Morgan fingerprint density at radius 1 is 1.04 bits per heavy atom. The Kier molecular flexibility index (Phi) is 10.0. The number of alkyl halides is 3. The van der Waals surface area contributed by atoms with Crippen molar-refractivity contribution in [3.8, 4) is 0 Å². The van der Waals surface area contributed by atoms with E-state index in [0.717, 1.165) is 30.5 Å². The fourth-order valence-corrected chi connectivity index (χ4v) is 7.43. The highest BCUT2D eigenvalue weighted by atomic mass is 19.4. The number of anilines is 1. The first kappa shape index (κ1) is 34.8. The lowest BCUT2D eigenvalue weighted by atomic mass is 9.78. The van der Waals surface area contributed by atoms with Crippen molar-refractivity contribution in [2.45, 2.75) is 81.9 Å². The van der Waals surface area contributed by atoms with E-state index in [1.807, 2.05) is 4.90 Å². The van der Waals surface area contributed by atoms with Crippen LogP contribution in [0.2, 0.25) is 0 Å². The molecule has 2 saturated heterocycles. The van der Waals surface area contributed by atoms with Gasteiger partial charge in [-0.2, -0.15) is 13.2 Å². The Bertz CT molecular complexity index is 1470. The Hall–Kier alpha value is -3.50. The van der Waals surface area contributed by atoms with Crippen LogP contribution in [0, 0.1) is 11.8 Å². The Balaban J connectivity index is 1.27.